The molecule has 1 rings (SSSR count). The Kier molecular flexibility index (Phi) is 34.6. The van der Waals surface area contributed by atoms with Crippen LogP contribution in [0.4, 0.5) is 0 Å². The molecule has 1 saturated heterocycles. The molecule has 4 N–H and O–H groups in total. The van der Waals surface area contributed by atoms with E-state index < -0.39 is 6.04 Å². The Hall–Kier alpha value is -2.19. The Morgan fingerprint density at radius 1 is 0.455 bits per heavy atom. The van der Waals surface area contributed by atoms with Gasteiger partial charge in [0.05, 0.1) is 6.04 Å². The molecule has 0 aromatic carbocycles. The predicted octanol–water partition coefficient (Wildman–Crippen LogP) is 10.6. The van der Waals surface area contributed by atoms with Crippen molar-refractivity contribution in [2.24, 2.45) is 11.5 Å². The van der Waals surface area contributed by atoms with Crippen molar-refractivity contribution in [3.63, 3.8) is 0 Å². The zero-order valence-electron chi connectivity index (χ0n) is 36.3. The van der Waals surface area contributed by atoms with Gasteiger partial charge in [-0.15, -0.1) is 0 Å². The molecule has 0 aromatic rings. The Morgan fingerprint density at radius 3 is 1.11 bits per heavy atom. The van der Waals surface area contributed by atoms with E-state index in [-0.39, 0.29) is 17.7 Å². The number of allylic oxidation sites excluding steroid dienone is 4. The summed E-state index contributed by atoms with van der Waals surface area (Å²) < 4.78 is 0. The fourth-order valence-corrected chi connectivity index (χ4v) is 7.48. The second-order valence-electron chi connectivity index (χ2n) is 16.3. The van der Waals surface area contributed by atoms with Gasteiger partial charge in [0.2, 0.25) is 17.7 Å². The number of hydrogen-bond donors (Lipinski definition) is 2. The van der Waals surface area contributed by atoms with Gasteiger partial charge >= 0.3 is 0 Å². The molecule has 1 fully saturated rings. The van der Waals surface area contributed by atoms with Crippen LogP contribution in [-0.4, -0.2) is 84.3 Å². The minimum atomic E-state index is -0.607. The minimum absolute atomic E-state index is 0.107. The summed E-state index contributed by atoms with van der Waals surface area (Å²) >= 11 is 0. The molecule has 0 bridgehead atoms. The number of unbranched alkanes of at least 4 members (excludes halogenated alkanes) is 22. The van der Waals surface area contributed by atoms with Crippen LogP contribution in [0, 0.1) is 0 Å². The lowest BCUT2D eigenvalue weighted by atomic mass is 10.1. The largest absolute Gasteiger partial charge is 0.339 e. The van der Waals surface area contributed by atoms with E-state index in [0.29, 0.717) is 71.5 Å². The monoisotopic (exact) mass is 772 g/mol. The van der Waals surface area contributed by atoms with Gasteiger partial charge in [0, 0.05) is 52.1 Å². The summed E-state index contributed by atoms with van der Waals surface area (Å²) in [6.07, 6.45) is 43.7. The highest BCUT2D eigenvalue weighted by Gasteiger charge is 2.26. The van der Waals surface area contributed by atoms with E-state index in [1.54, 1.807) is 4.90 Å². The van der Waals surface area contributed by atoms with Crippen molar-refractivity contribution in [3.8, 4) is 0 Å². The lowest BCUT2D eigenvalue weighted by Crippen LogP contribution is -2.48. The Balaban J connectivity index is 2.45. The molecule has 1 atom stereocenters. The number of carbonyl (C=O) groups excluding carboxylic acids is 3. The number of rotatable bonds is 34. The molecule has 1 aliphatic heterocycles. The third kappa shape index (κ3) is 28.8. The normalized spacial score (nSPS) is 14.8. The first-order valence-corrected chi connectivity index (χ1v) is 23.5. The molecule has 0 aliphatic carbocycles. The SMILES string of the molecule is CCCCCCCCC=CCCCCCCCC(=O)N1CCN(C(=O)CCCCCCCC=CCCCCCCCC)CCN(C(=O)C(N)CCCN)CC1. The molecule has 0 saturated carbocycles. The van der Waals surface area contributed by atoms with Crippen molar-refractivity contribution in [1.29, 1.82) is 0 Å². The van der Waals surface area contributed by atoms with Crippen molar-refractivity contribution in [2.75, 3.05) is 45.8 Å². The summed E-state index contributed by atoms with van der Waals surface area (Å²) in [5.41, 5.74) is 12.0. The van der Waals surface area contributed by atoms with Gasteiger partial charge < -0.3 is 26.2 Å². The maximum Gasteiger partial charge on any atom is 0.239 e. The first-order chi connectivity index (χ1) is 26.9. The lowest BCUT2D eigenvalue weighted by molar-refractivity contribution is -0.136. The van der Waals surface area contributed by atoms with Crippen LogP contribution in [0.3, 0.4) is 0 Å². The molecule has 8 nitrogen and oxygen atoms in total. The second-order valence-corrected chi connectivity index (χ2v) is 16.3. The molecule has 8 heteroatoms. The quantitative estimate of drug-likeness (QED) is 0.0500. The summed E-state index contributed by atoms with van der Waals surface area (Å²) in [4.78, 5) is 45.7. The molecule has 0 aromatic heterocycles. The first kappa shape index (κ1) is 50.8. The molecule has 320 valence electrons. The van der Waals surface area contributed by atoms with Crippen LogP contribution in [0.25, 0.3) is 0 Å². The number of hydrogen-bond acceptors (Lipinski definition) is 5. The number of amides is 3. The Labute approximate surface area is 340 Å². The van der Waals surface area contributed by atoms with Gasteiger partial charge in [-0.05, 0) is 83.6 Å². The van der Waals surface area contributed by atoms with Crippen LogP contribution in [0.2, 0.25) is 0 Å². The van der Waals surface area contributed by atoms with E-state index >= 15 is 0 Å². The zero-order valence-corrected chi connectivity index (χ0v) is 36.3. The molecule has 0 spiro atoms. The molecular formula is C47H89N5O3. The van der Waals surface area contributed by atoms with Crippen LogP contribution in [0.5, 0.6) is 0 Å². The topological polar surface area (TPSA) is 113 Å². The lowest BCUT2D eigenvalue weighted by Gasteiger charge is -2.28. The van der Waals surface area contributed by atoms with E-state index in [1.165, 1.54) is 116 Å². The molecule has 1 unspecified atom stereocenters. The van der Waals surface area contributed by atoms with Gasteiger partial charge in [0.1, 0.15) is 0 Å². The fourth-order valence-electron chi connectivity index (χ4n) is 7.48. The molecule has 0 radical (unpaired) electrons. The van der Waals surface area contributed by atoms with Gasteiger partial charge in [0.25, 0.3) is 0 Å². The maximum atomic E-state index is 13.4. The summed E-state index contributed by atoms with van der Waals surface area (Å²) in [7, 11) is 0. The number of nitrogens with two attached hydrogens (primary N) is 2. The van der Waals surface area contributed by atoms with E-state index in [2.05, 4.69) is 38.2 Å². The average molecular weight is 772 g/mol. The van der Waals surface area contributed by atoms with Crippen LogP contribution in [0.15, 0.2) is 24.3 Å². The molecule has 1 heterocycles. The van der Waals surface area contributed by atoms with Gasteiger partial charge in [-0.3, -0.25) is 14.4 Å². The number of carbonyl (C=O) groups is 3. The molecule has 55 heavy (non-hydrogen) atoms. The highest BCUT2D eigenvalue weighted by Crippen LogP contribution is 2.14. The van der Waals surface area contributed by atoms with E-state index in [0.717, 1.165) is 51.4 Å². The first-order valence-electron chi connectivity index (χ1n) is 23.5. The van der Waals surface area contributed by atoms with Gasteiger partial charge in [0.15, 0.2) is 0 Å². The van der Waals surface area contributed by atoms with E-state index in [9.17, 15) is 14.4 Å². The van der Waals surface area contributed by atoms with Crippen LogP contribution in [-0.2, 0) is 14.4 Å². The third-order valence-corrected chi connectivity index (χ3v) is 11.3. The summed E-state index contributed by atoms with van der Waals surface area (Å²) in [5.74, 6) is 0.151. The number of nitrogens with zero attached hydrogens (tertiary/aromatic N) is 3. The van der Waals surface area contributed by atoms with Crippen molar-refractivity contribution in [1.82, 2.24) is 14.7 Å². The zero-order chi connectivity index (χ0) is 40.0. The highest BCUT2D eigenvalue weighted by molar-refractivity contribution is 5.82. The van der Waals surface area contributed by atoms with Crippen molar-refractivity contribution in [3.05, 3.63) is 24.3 Å². The standard InChI is InChI=1S/C47H89N5O3/c1-3-5-7-9-11-13-15-17-19-21-23-25-27-29-31-35-45(53)50-38-39-51(41-43-52(42-40-50)47(55)44(49)34-33-37-48)46(54)36-32-30-28-26-24-22-20-18-16-14-12-10-8-6-4-2/h17-20,44H,3-16,21-43,48-49H2,1-2H3. The fraction of sp³-hybridized carbons (Fsp3) is 0.851. The maximum absolute atomic E-state index is 13.4. The Morgan fingerprint density at radius 2 is 0.764 bits per heavy atom. The van der Waals surface area contributed by atoms with Crippen molar-refractivity contribution < 1.29 is 14.4 Å². The van der Waals surface area contributed by atoms with Gasteiger partial charge in [-0.1, -0.05) is 141 Å². The minimum Gasteiger partial charge on any atom is -0.339 e. The smallest absolute Gasteiger partial charge is 0.239 e. The molecular weight excluding hydrogens is 683 g/mol. The van der Waals surface area contributed by atoms with Crippen LogP contribution in [0.1, 0.15) is 206 Å². The van der Waals surface area contributed by atoms with Crippen molar-refractivity contribution in [2.45, 2.75) is 213 Å². The van der Waals surface area contributed by atoms with E-state index in [1.807, 2.05) is 9.80 Å². The van der Waals surface area contributed by atoms with Crippen LogP contribution < -0.4 is 11.5 Å². The van der Waals surface area contributed by atoms with E-state index in [4.69, 9.17) is 11.5 Å². The van der Waals surface area contributed by atoms with Gasteiger partial charge in [-0.2, -0.15) is 0 Å². The third-order valence-electron chi connectivity index (χ3n) is 11.3. The highest BCUT2D eigenvalue weighted by atomic mass is 16.2. The van der Waals surface area contributed by atoms with Crippen molar-refractivity contribution >= 4 is 17.7 Å². The summed E-state index contributed by atoms with van der Waals surface area (Å²) in [6, 6.07) is -0.607. The average Bonchev–Trinajstić information content (AvgIpc) is 3.30. The predicted molar refractivity (Wildman–Crippen MR) is 235 cm³/mol. The molecule has 3 amide bonds. The van der Waals surface area contributed by atoms with Gasteiger partial charge in [-0.25, -0.2) is 0 Å². The van der Waals surface area contributed by atoms with Crippen LogP contribution >= 0.6 is 0 Å². The second kappa shape index (κ2) is 37.4. The summed E-state index contributed by atoms with van der Waals surface area (Å²) in [6.45, 7) is 7.92. The Bertz CT molecular complexity index is 922. The summed E-state index contributed by atoms with van der Waals surface area (Å²) in [5, 5.41) is 0. The molecule has 1 aliphatic rings.